The van der Waals surface area contributed by atoms with Crippen LogP contribution in [0.25, 0.3) is 0 Å². The van der Waals surface area contributed by atoms with Gasteiger partial charge in [0.25, 0.3) is 0 Å². The highest BCUT2D eigenvalue weighted by molar-refractivity contribution is 7.90. The van der Waals surface area contributed by atoms with E-state index in [4.69, 9.17) is 5.11 Å². The summed E-state index contributed by atoms with van der Waals surface area (Å²) in [5.74, 6) is -4.08. The van der Waals surface area contributed by atoms with Crippen LogP contribution in [0.2, 0.25) is 0 Å². The van der Waals surface area contributed by atoms with E-state index in [0.29, 0.717) is 18.6 Å². The SMILES string of the molecule is CCCCN(C)S(=O)(=O)Nc1cc(C(=O)O)c(F)cc1F. The molecular weight excluding hydrogens is 306 g/mol. The van der Waals surface area contributed by atoms with Gasteiger partial charge in [0.15, 0.2) is 0 Å². The maximum absolute atomic E-state index is 13.6. The number of halogens is 2. The first-order chi connectivity index (χ1) is 9.69. The maximum Gasteiger partial charge on any atom is 0.338 e. The number of benzene rings is 1. The van der Waals surface area contributed by atoms with Gasteiger partial charge in [-0.2, -0.15) is 12.7 Å². The summed E-state index contributed by atoms with van der Waals surface area (Å²) in [6.45, 7) is 2.10. The van der Waals surface area contributed by atoms with Crippen molar-refractivity contribution in [2.75, 3.05) is 18.3 Å². The van der Waals surface area contributed by atoms with Crippen molar-refractivity contribution >= 4 is 21.9 Å². The molecule has 0 unspecified atom stereocenters. The standard InChI is InChI=1S/C12H16F2N2O4S/c1-3-4-5-16(2)21(19,20)15-11-6-8(12(17)18)9(13)7-10(11)14/h6-7,15H,3-5H2,1-2H3,(H,17,18). The largest absolute Gasteiger partial charge is 0.478 e. The zero-order chi connectivity index (χ0) is 16.2. The molecule has 0 radical (unpaired) electrons. The molecule has 0 aliphatic carbocycles. The molecule has 0 heterocycles. The first-order valence-electron chi connectivity index (χ1n) is 6.15. The summed E-state index contributed by atoms with van der Waals surface area (Å²) in [5, 5.41) is 8.75. The molecule has 9 heteroatoms. The highest BCUT2D eigenvalue weighted by Crippen LogP contribution is 2.21. The Morgan fingerprint density at radius 1 is 1.33 bits per heavy atom. The zero-order valence-corrected chi connectivity index (χ0v) is 12.4. The van der Waals surface area contributed by atoms with Crippen LogP contribution < -0.4 is 4.72 Å². The Labute approximate surface area is 121 Å². The summed E-state index contributed by atoms with van der Waals surface area (Å²) >= 11 is 0. The lowest BCUT2D eigenvalue weighted by atomic mass is 10.2. The van der Waals surface area contributed by atoms with E-state index in [1.54, 1.807) is 0 Å². The van der Waals surface area contributed by atoms with Crippen molar-refractivity contribution in [3.63, 3.8) is 0 Å². The van der Waals surface area contributed by atoms with Gasteiger partial charge in [0, 0.05) is 19.7 Å². The second-order valence-corrected chi connectivity index (χ2v) is 6.18. The average molecular weight is 322 g/mol. The first-order valence-corrected chi connectivity index (χ1v) is 7.59. The van der Waals surface area contributed by atoms with Crippen LogP contribution >= 0.6 is 0 Å². The van der Waals surface area contributed by atoms with Crippen LogP contribution in [-0.2, 0) is 10.2 Å². The fourth-order valence-corrected chi connectivity index (χ4v) is 2.47. The fraction of sp³-hybridized carbons (Fsp3) is 0.417. The smallest absolute Gasteiger partial charge is 0.338 e. The number of anilines is 1. The van der Waals surface area contributed by atoms with Crippen molar-refractivity contribution in [3.05, 3.63) is 29.3 Å². The Hall–Kier alpha value is -1.74. The van der Waals surface area contributed by atoms with E-state index in [9.17, 15) is 22.0 Å². The van der Waals surface area contributed by atoms with E-state index in [0.717, 1.165) is 10.7 Å². The summed E-state index contributed by atoms with van der Waals surface area (Å²) in [4.78, 5) is 10.8. The number of carbonyl (C=O) groups is 1. The maximum atomic E-state index is 13.6. The minimum Gasteiger partial charge on any atom is -0.478 e. The molecular formula is C12H16F2N2O4S. The Morgan fingerprint density at radius 2 is 1.95 bits per heavy atom. The molecule has 1 aromatic rings. The topological polar surface area (TPSA) is 86.7 Å². The predicted molar refractivity (Wildman–Crippen MR) is 73.4 cm³/mol. The third-order valence-electron chi connectivity index (χ3n) is 2.76. The second kappa shape index (κ2) is 6.81. The van der Waals surface area contributed by atoms with Gasteiger partial charge in [-0.05, 0) is 12.5 Å². The highest BCUT2D eigenvalue weighted by Gasteiger charge is 2.21. The van der Waals surface area contributed by atoms with Crippen LogP contribution in [0.15, 0.2) is 12.1 Å². The minimum absolute atomic E-state index is 0.223. The number of rotatable bonds is 7. The van der Waals surface area contributed by atoms with E-state index in [2.05, 4.69) is 0 Å². The number of hydrogen-bond donors (Lipinski definition) is 2. The molecule has 0 aliphatic rings. The predicted octanol–water partition coefficient (Wildman–Crippen LogP) is 2.05. The molecule has 1 aromatic carbocycles. The van der Waals surface area contributed by atoms with Crippen molar-refractivity contribution in [1.29, 1.82) is 0 Å². The lowest BCUT2D eigenvalue weighted by Gasteiger charge is -2.18. The summed E-state index contributed by atoms with van der Waals surface area (Å²) in [6, 6.07) is 0.936. The third kappa shape index (κ3) is 4.36. The Bertz CT molecular complexity index is 634. The zero-order valence-electron chi connectivity index (χ0n) is 11.6. The quantitative estimate of drug-likeness (QED) is 0.804. The van der Waals surface area contributed by atoms with Crippen LogP contribution in [0.3, 0.4) is 0 Å². The number of unbranched alkanes of at least 4 members (excludes halogenated alkanes) is 1. The Kier molecular flexibility index (Phi) is 5.62. The third-order valence-corrected chi connectivity index (χ3v) is 4.24. The van der Waals surface area contributed by atoms with Crippen LogP contribution in [-0.4, -0.2) is 37.4 Å². The lowest BCUT2D eigenvalue weighted by molar-refractivity contribution is 0.0692. The van der Waals surface area contributed by atoms with Crippen molar-refractivity contribution in [3.8, 4) is 0 Å². The first kappa shape index (κ1) is 17.3. The van der Waals surface area contributed by atoms with Gasteiger partial charge in [-0.1, -0.05) is 13.3 Å². The van der Waals surface area contributed by atoms with E-state index in [1.807, 2.05) is 11.6 Å². The van der Waals surface area contributed by atoms with Gasteiger partial charge in [0.2, 0.25) is 0 Å². The number of aromatic carboxylic acids is 1. The van der Waals surface area contributed by atoms with Crippen LogP contribution in [0.5, 0.6) is 0 Å². The normalized spacial score (nSPS) is 11.7. The molecule has 21 heavy (non-hydrogen) atoms. The Balaban J connectivity index is 3.07. The molecule has 0 atom stereocenters. The number of hydrogen-bond acceptors (Lipinski definition) is 3. The summed E-state index contributed by atoms with van der Waals surface area (Å²) < 4.78 is 53.5. The van der Waals surface area contributed by atoms with Crippen molar-refractivity contribution < 1.29 is 27.1 Å². The van der Waals surface area contributed by atoms with Crippen LogP contribution in [0.1, 0.15) is 30.1 Å². The molecule has 1 rings (SSSR count). The van der Waals surface area contributed by atoms with Gasteiger partial charge < -0.3 is 5.11 Å². The van der Waals surface area contributed by atoms with Crippen molar-refractivity contribution in [2.24, 2.45) is 0 Å². The minimum atomic E-state index is -4.04. The number of carboxylic acid groups (broad SMARTS) is 1. The van der Waals surface area contributed by atoms with Crippen LogP contribution in [0.4, 0.5) is 14.5 Å². The van der Waals surface area contributed by atoms with E-state index >= 15 is 0 Å². The lowest BCUT2D eigenvalue weighted by Crippen LogP contribution is -2.33. The molecule has 0 bridgehead atoms. The Morgan fingerprint density at radius 3 is 2.48 bits per heavy atom. The van der Waals surface area contributed by atoms with Gasteiger partial charge in [-0.25, -0.2) is 13.6 Å². The van der Waals surface area contributed by atoms with Gasteiger partial charge >= 0.3 is 16.2 Å². The number of nitrogens with one attached hydrogen (secondary N) is 1. The van der Waals surface area contributed by atoms with E-state index in [1.165, 1.54) is 7.05 Å². The molecule has 6 nitrogen and oxygen atoms in total. The fourth-order valence-electron chi connectivity index (χ4n) is 1.51. The van der Waals surface area contributed by atoms with Crippen molar-refractivity contribution in [1.82, 2.24) is 4.31 Å². The summed E-state index contributed by atoms with van der Waals surface area (Å²) in [6.07, 6.45) is 1.39. The molecule has 118 valence electrons. The van der Waals surface area contributed by atoms with Gasteiger partial charge in [-0.15, -0.1) is 0 Å². The number of carboxylic acids is 1. The highest BCUT2D eigenvalue weighted by atomic mass is 32.2. The van der Waals surface area contributed by atoms with E-state index in [-0.39, 0.29) is 6.54 Å². The van der Waals surface area contributed by atoms with E-state index < -0.39 is 39.1 Å². The molecule has 0 fully saturated rings. The summed E-state index contributed by atoms with van der Waals surface area (Å²) in [7, 11) is -2.73. The second-order valence-electron chi connectivity index (χ2n) is 4.40. The molecule has 0 saturated carbocycles. The molecule has 2 N–H and O–H groups in total. The van der Waals surface area contributed by atoms with Gasteiger partial charge in [0.1, 0.15) is 11.6 Å². The van der Waals surface area contributed by atoms with Gasteiger partial charge in [-0.3, -0.25) is 4.72 Å². The number of nitrogens with zero attached hydrogens (tertiary/aromatic N) is 1. The van der Waals surface area contributed by atoms with Crippen molar-refractivity contribution in [2.45, 2.75) is 19.8 Å². The molecule has 0 spiro atoms. The van der Waals surface area contributed by atoms with Crippen LogP contribution in [0, 0.1) is 11.6 Å². The average Bonchev–Trinajstić information content (AvgIpc) is 2.38. The molecule has 0 aromatic heterocycles. The molecule has 0 saturated heterocycles. The monoisotopic (exact) mass is 322 g/mol. The van der Waals surface area contributed by atoms with Gasteiger partial charge in [0.05, 0.1) is 11.3 Å². The summed E-state index contributed by atoms with van der Waals surface area (Å²) in [5.41, 5.74) is -1.43. The molecule has 0 amide bonds. The molecule has 0 aliphatic heterocycles.